The van der Waals surface area contributed by atoms with Gasteiger partial charge in [0.25, 0.3) is 0 Å². The van der Waals surface area contributed by atoms with E-state index in [1.807, 2.05) is 13.8 Å². The molecule has 0 saturated carbocycles. The highest BCUT2D eigenvalue weighted by atomic mass is 19.1. The Hall–Kier alpha value is -1.42. The lowest BCUT2D eigenvalue weighted by atomic mass is 9.98. The number of halogens is 1. The van der Waals surface area contributed by atoms with Gasteiger partial charge >= 0.3 is 0 Å². The summed E-state index contributed by atoms with van der Waals surface area (Å²) in [5, 5.41) is 3.15. The van der Waals surface area contributed by atoms with Crippen molar-refractivity contribution in [1.29, 1.82) is 0 Å². The molecule has 3 nitrogen and oxygen atoms in total. The van der Waals surface area contributed by atoms with Crippen molar-refractivity contribution in [3.63, 3.8) is 0 Å². The molecule has 88 valence electrons. The normalized spacial score (nSPS) is 12.8. The fourth-order valence-electron chi connectivity index (χ4n) is 1.43. The summed E-state index contributed by atoms with van der Waals surface area (Å²) in [6, 6.07) is 6.13. The van der Waals surface area contributed by atoms with E-state index in [2.05, 4.69) is 5.32 Å². The molecule has 1 aromatic carbocycles. The summed E-state index contributed by atoms with van der Waals surface area (Å²) in [5.41, 5.74) is 6.06. The molecule has 1 rings (SSSR count). The van der Waals surface area contributed by atoms with Crippen LogP contribution in [0.2, 0.25) is 0 Å². The van der Waals surface area contributed by atoms with Crippen molar-refractivity contribution in [3.8, 4) is 0 Å². The van der Waals surface area contributed by atoms with Crippen LogP contribution >= 0.6 is 0 Å². The van der Waals surface area contributed by atoms with E-state index < -0.39 is 11.8 Å². The number of rotatable bonds is 5. The zero-order chi connectivity index (χ0) is 12.1. The van der Waals surface area contributed by atoms with E-state index in [-0.39, 0.29) is 11.9 Å². The largest absolute Gasteiger partial charge is 0.369 e. The summed E-state index contributed by atoms with van der Waals surface area (Å²) in [7, 11) is 0. The Bertz CT molecular complexity index is 349. The first-order valence-electron chi connectivity index (χ1n) is 5.29. The van der Waals surface area contributed by atoms with Crippen LogP contribution in [0, 0.1) is 5.82 Å². The maximum Gasteiger partial charge on any atom is 0.226 e. The van der Waals surface area contributed by atoms with Crippen molar-refractivity contribution in [1.82, 2.24) is 5.32 Å². The molecule has 0 aliphatic heterocycles. The minimum atomic E-state index is -0.414. The monoisotopic (exact) mass is 224 g/mol. The SMILES string of the molecule is CC(C)NCC(C(N)=O)c1ccc(F)cc1. The molecule has 0 fully saturated rings. The van der Waals surface area contributed by atoms with Gasteiger partial charge in [0.1, 0.15) is 5.82 Å². The molecule has 0 aliphatic rings. The standard InChI is InChI=1S/C12H17FN2O/c1-8(2)15-7-11(12(14)16)9-3-5-10(13)6-4-9/h3-6,8,11,15H,7H2,1-2H3,(H2,14,16). The van der Waals surface area contributed by atoms with Gasteiger partial charge in [0.2, 0.25) is 5.91 Å². The second-order valence-corrected chi connectivity index (χ2v) is 4.07. The molecule has 0 heterocycles. The van der Waals surface area contributed by atoms with Crippen molar-refractivity contribution in [2.45, 2.75) is 25.8 Å². The van der Waals surface area contributed by atoms with E-state index in [1.54, 1.807) is 12.1 Å². The summed E-state index contributed by atoms with van der Waals surface area (Å²) in [4.78, 5) is 11.3. The van der Waals surface area contributed by atoms with E-state index in [0.29, 0.717) is 6.54 Å². The minimum absolute atomic E-state index is 0.280. The number of carbonyl (C=O) groups is 1. The van der Waals surface area contributed by atoms with Gasteiger partial charge in [0.15, 0.2) is 0 Å². The molecule has 0 radical (unpaired) electrons. The molecular weight excluding hydrogens is 207 g/mol. The van der Waals surface area contributed by atoms with E-state index >= 15 is 0 Å². The van der Waals surface area contributed by atoms with Gasteiger partial charge in [0.05, 0.1) is 5.92 Å². The molecule has 1 unspecified atom stereocenters. The molecular formula is C12H17FN2O. The van der Waals surface area contributed by atoms with Crippen LogP contribution in [0.4, 0.5) is 4.39 Å². The van der Waals surface area contributed by atoms with Gasteiger partial charge in [-0.3, -0.25) is 4.79 Å². The van der Waals surface area contributed by atoms with Gasteiger partial charge in [-0.1, -0.05) is 26.0 Å². The van der Waals surface area contributed by atoms with E-state index in [0.717, 1.165) is 5.56 Å². The molecule has 4 heteroatoms. The van der Waals surface area contributed by atoms with Crippen LogP contribution in [0.15, 0.2) is 24.3 Å². The number of nitrogens with one attached hydrogen (secondary N) is 1. The second-order valence-electron chi connectivity index (χ2n) is 4.07. The lowest BCUT2D eigenvalue weighted by Gasteiger charge is -2.16. The molecule has 1 amide bonds. The Morgan fingerprint density at radius 3 is 2.38 bits per heavy atom. The highest BCUT2D eigenvalue weighted by Gasteiger charge is 2.17. The fourth-order valence-corrected chi connectivity index (χ4v) is 1.43. The van der Waals surface area contributed by atoms with Crippen molar-refractivity contribution in [2.24, 2.45) is 5.73 Å². The molecule has 3 N–H and O–H groups in total. The van der Waals surface area contributed by atoms with Crippen LogP contribution in [-0.2, 0) is 4.79 Å². The number of nitrogens with two attached hydrogens (primary N) is 1. The number of primary amides is 1. The molecule has 0 spiro atoms. The lowest BCUT2D eigenvalue weighted by molar-refractivity contribution is -0.119. The highest BCUT2D eigenvalue weighted by Crippen LogP contribution is 2.15. The summed E-state index contributed by atoms with van der Waals surface area (Å²) < 4.78 is 12.7. The maximum absolute atomic E-state index is 12.7. The summed E-state index contributed by atoms with van der Waals surface area (Å²) in [6.07, 6.45) is 0. The fraction of sp³-hybridized carbons (Fsp3) is 0.417. The minimum Gasteiger partial charge on any atom is -0.369 e. The van der Waals surface area contributed by atoms with Crippen LogP contribution in [0.3, 0.4) is 0 Å². The number of hydrogen-bond donors (Lipinski definition) is 2. The average molecular weight is 224 g/mol. The third-order valence-electron chi connectivity index (χ3n) is 2.35. The summed E-state index contributed by atoms with van der Waals surface area (Å²) in [5.74, 6) is -1.13. The van der Waals surface area contributed by atoms with Gasteiger partial charge in [-0.05, 0) is 17.7 Å². The zero-order valence-electron chi connectivity index (χ0n) is 9.53. The number of hydrogen-bond acceptors (Lipinski definition) is 2. The van der Waals surface area contributed by atoms with Crippen LogP contribution in [0.25, 0.3) is 0 Å². The first-order valence-corrected chi connectivity index (χ1v) is 5.29. The Morgan fingerprint density at radius 2 is 1.94 bits per heavy atom. The van der Waals surface area contributed by atoms with E-state index in [4.69, 9.17) is 5.73 Å². The van der Waals surface area contributed by atoms with Gasteiger partial charge in [0, 0.05) is 12.6 Å². The van der Waals surface area contributed by atoms with Gasteiger partial charge in [-0.25, -0.2) is 4.39 Å². The highest BCUT2D eigenvalue weighted by molar-refractivity contribution is 5.82. The Morgan fingerprint density at radius 1 is 1.38 bits per heavy atom. The Kier molecular flexibility index (Phi) is 4.43. The zero-order valence-corrected chi connectivity index (χ0v) is 9.53. The van der Waals surface area contributed by atoms with E-state index in [1.165, 1.54) is 12.1 Å². The third kappa shape index (κ3) is 3.62. The maximum atomic E-state index is 12.7. The number of amides is 1. The van der Waals surface area contributed by atoms with E-state index in [9.17, 15) is 9.18 Å². The lowest BCUT2D eigenvalue weighted by Crippen LogP contribution is -2.34. The average Bonchev–Trinajstić information content (AvgIpc) is 2.20. The Labute approximate surface area is 94.8 Å². The molecule has 16 heavy (non-hydrogen) atoms. The van der Waals surface area contributed by atoms with Crippen LogP contribution < -0.4 is 11.1 Å². The molecule has 1 aromatic rings. The third-order valence-corrected chi connectivity index (χ3v) is 2.35. The predicted molar refractivity (Wildman–Crippen MR) is 61.5 cm³/mol. The number of carbonyl (C=O) groups excluding carboxylic acids is 1. The molecule has 1 atom stereocenters. The molecule has 0 aliphatic carbocycles. The molecule has 0 saturated heterocycles. The summed E-state index contributed by atoms with van der Waals surface area (Å²) in [6.45, 7) is 4.45. The first-order chi connectivity index (χ1) is 7.50. The smallest absolute Gasteiger partial charge is 0.226 e. The van der Waals surface area contributed by atoms with Gasteiger partial charge in [-0.2, -0.15) is 0 Å². The van der Waals surface area contributed by atoms with Crippen LogP contribution in [-0.4, -0.2) is 18.5 Å². The van der Waals surface area contributed by atoms with Crippen molar-refractivity contribution < 1.29 is 9.18 Å². The molecule has 0 bridgehead atoms. The first kappa shape index (κ1) is 12.6. The predicted octanol–water partition coefficient (Wildman–Crippen LogP) is 1.39. The molecule has 0 aromatic heterocycles. The van der Waals surface area contributed by atoms with Gasteiger partial charge < -0.3 is 11.1 Å². The van der Waals surface area contributed by atoms with Crippen LogP contribution in [0.5, 0.6) is 0 Å². The van der Waals surface area contributed by atoms with Crippen molar-refractivity contribution >= 4 is 5.91 Å². The van der Waals surface area contributed by atoms with Crippen molar-refractivity contribution in [3.05, 3.63) is 35.6 Å². The van der Waals surface area contributed by atoms with Crippen LogP contribution in [0.1, 0.15) is 25.3 Å². The topological polar surface area (TPSA) is 55.1 Å². The second kappa shape index (κ2) is 5.61. The number of benzene rings is 1. The quantitative estimate of drug-likeness (QED) is 0.794. The Balaban J connectivity index is 2.77. The van der Waals surface area contributed by atoms with Crippen molar-refractivity contribution in [2.75, 3.05) is 6.54 Å². The summed E-state index contributed by atoms with van der Waals surface area (Å²) >= 11 is 0. The van der Waals surface area contributed by atoms with Gasteiger partial charge in [-0.15, -0.1) is 0 Å².